The van der Waals surface area contributed by atoms with Gasteiger partial charge >= 0.3 is 35.8 Å². The summed E-state index contributed by atoms with van der Waals surface area (Å²) in [5, 5.41) is 18.3. The Bertz CT molecular complexity index is 943. The van der Waals surface area contributed by atoms with Gasteiger partial charge in [-0.15, -0.1) is 0 Å². The van der Waals surface area contributed by atoms with Gasteiger partial charge in [0.25, 0.3) is 0 Å². The van der Waals surface area contributed by atoms with Gasteiger partial charge < -0.3 is 29.2 Å². The number of hydrogen-bond donors (Lipinski definition) is 2. The van der Waals surface area contributed by atoms with Crippen LogP contribution in [0.1, 0.15) is 79.1 Å². The van der Waals surface area contributed by atoms with Crippen LogP contribution in [0.25, 0.3) is 0 Å². The Labute approximate surface area is 265 Å². The van der Waals surface area contributed by atoms with Gasteiger partial charge in [0.05, 0.1) is 23.7 Å². The Hall–Kier alpha value is -3.08. The summed E-state index contributed by atoms with van der Waals surface area (Å²) in [7, 11) is 0. The molecule has 238 valence electrons. The third-order valence-corrected chi connectivity index (χ3v) is 7.01. The maximum absolute atomic E-state index is 12.0. The van der Waals surface area contributed by atoms with Crippen molar-refractivity contribution in [2.75, 3.05) is 13.2 Å². The minimum Gasteiger partial charge on any atom is -0.481 e. The number of ether oxygens (including phenoxy) is 4. The van der Waals surface area contributed by atoms with Crippen molar-refractivity contribution in [2.24, 2.45) is 23.7 Å². The van der Waals surface area contributed by atoms with Gasteiger partial charge in [0, 0.05) is 30.6 Å². The van der Waals surface area contributed by atoms with Gasteiger partial charge in [-0.05, 0) is 53.4 Å². The smallest absolute Gasteiger partial charge is 0.333 e. The molecule has 6 atom stereocenters. The van der Waals surface area contributed by atoms with Crippen molar-refractivity contribution in [1.82, 2.24) is 0 Å². The second-order valence-corrected chi connectivity index (χ2v) is 10.9. The van der Waals surface area contributed by atoms with E-state index in [1.807, 2.05) is 0 Å². The standard InChI is InChI=1S/2C15H22O6.Zn/c2*1-9(2)14(18)21-10(3)8-20-15(19)12-7-5-4-6-11(12)13(16)17;/h2*10-12H,1,4-8H2,2-3H3,(H,16,17);. The number of hydrogen-bond acceptors (Lipinski definition) is 10. The molecule has 0 aromatic carbocycles. The fourth-order valence-electron chi connectivity index (χ4n) is 4.66. The Balaban J connectivity index is 0.000000802. The molecule has 13 heteroatoms. The molecule has 2 aliphatic carbocycles. The molecule has 12 nitrogen and oxygen atoms in total. The first kappa shape index (κ1) is 39.9. The molecule has 0 heterocycles. The van der Waals surface area contributed by atoms with E-state index in [1.165, 1.54) is 13.8 Å². The van der Waals surface area contributed by atoms with E-state index in [4.69, 9.17) is 29.2 Å². The van der Waals surface area contributed by atoms with Crippen molar-refractivity contribution in [1.29, 1.82) is 0 Å². The summed E-state index contributed by atoms with van der Waals surface area (Å²) in [4.78, 5) is 68.9. The first-order valence-corrected chi connectivity index (χ1v) is 14.2. The normalized spacial score (nSPS) is 22.4. The van der Waals surface area contributed by atoms with Crippen LogP contribution >= 0.6 is 0 Å². The summed E-state index contributed by atoms with van der Waals surface area (Å²) in [5.74, 6) is -6.64. The quantitative estimate of drug-likeness (QED) is 0.134. The average Bonchev–Trinajstić information content (AvgIpc) is 2.94. The zero-order valence-electron chi connectivity index (χ0n) is 25.6. The van der Waals surface area contributed by atoms with Crippen molar-refractivity contribution < 1.29 is 77.4 Å². The Morgan fingerprint density at radius 1 is 0.628 bits per heavy atom. The van der Waals surface area contributed by atoms with E-state index in [9.17, 15) is 28.8 Å². The number of rotatable bonds is 12. The first-order chi connectivity index (χ1) is 19.6. The van der Waals surface area contributed by atoms with Crippen molar-refractivity contribution in [3.63, 3.8) is 0 Å². The zero-order chi connectivity index (χ0) is 32.0. The van der Waals surface area contributed by atoms with Crippen LogP contribution in [0.4, 0.5) is 0 Å². The van der Waals surface area contributed by atoms with Crippen molar-refractivity contribution in [2.45, 2.75) is 91.3 Å². The van der Waals surface area contributed by atoms with Crippen molar-refractivity contribution in [3.8, 4) is 0 Å². The molecule has 2 aliphatic rings. The molecule has 0 bridgehead atoms. The van der Waals surface area contributed by atoms with Crippen LogP contribution in [-0.2, 0) is 67.2 Å². The third kappa shape index (κ3) is 14.3. The Kier molecular flexibility index (Phi) is 18.6. The van der Waals surface area contributed by atoms with Crippen LogP contribution in [0.15, 0.2) is 24.3 Å². The zero-order valence-corrected chi connectivity index (χ0v) is 28.6. The van der Waals surface area contributed by atoms with E-state index in [1.54, 1.807) is 13.8 Å². The minimum atomic E-state index is -0.960. The first-order valence-electron chi connectivity index (χ1n) is 14.2. The molecule has 2 saturated carbocycles. The SMILES string of the molecule is C=C(C)C(=O)OC(C)COC(=O)C1CCCCC1C(=O)O.C=C(C)C(=O)OC(C)COC(=O)C1CCCCC1C(=O)O.[Zn]. The van der Waals surface area contributed by atoms with Crippen molar-refractivity contribution >= 4 is 35.8 Å². The molecule has 0 spiro atoms. The summed E-state index contributed by atoms with van der Waals surface area (Å²) in [6, 6.07) is 0. The van der Waals surface area contributed by atoms with E-state index in [0.29, 0.717) is 25.7 Å². The van der Waals surface area contributed by atoms with Gasteiger partial charge in [0.15, 0.2) is 0 Å². The van der Waals surface area contributed by atoms with Crippen LogP contribution in [0.3, 0.4) is 0 Å². The van der Waals surface area contributed by atoms with Crippen LogP contribution in [0.5, 0.6) is 0 Å². The summed E-state index contributed by atoms with van der Waals surface area (Å²) >= 11 is 0. The molecule has 0 saturated heterocycles. The van der Waals surface area contributed by atoms with Crippen LogP contribution in [0, 0.1) is 23.7 Å². The summed E-state index contributed by atoms with van der Waals surface area (Å²) < 4.78 is 20.2. The second kappa shape index (κ2) is 20.0. The summed E-state index contributed by atoms with van der Waals surface area (Å²) in [6.07, 6.45) is 4.12. The van der Waals surface area contributed by atoms with Gasteiger partial charge in [-0.2, -0.15) is 0 Å². The Morgan fingerprint density at radius 3 is 1.16 bits per heavy atom. The second-order valence-electron chi connectivity index (χ2n) is 10.9. The molecule has 6 unspecified atom stereocenters. The molecule has 2 fully saturated rings. The number of carbonyl (C=O) groups excluding carboxylic acids is 4. The molecule has 2 rings (SSSR count). The third-order valence-electron chi connectivity index (χ3n) is 7.01. The molecule has 0 aromatic rings. The van der Waals surface area contributed by atoms with Crippen LogP contribution < -0.4 is 0 Å². The fraction of sp³-hybridized carbons (Fsp3) is 0.667. The van der Waals surface area contributed by atoms with E-state index >= 15 is 0 Å². The number of aliphatic carboxylic acids is 2. The summed E-state index contributed by atoms with van der Waals surface area (Å²) in [5.41, 5.74) is 0.540. The van der Waals surface area contributed by atoms with Gasteiger partial charge in [-0.25, -0.2) is 9.59 Å². The minimum absolute atomic E-state index is 0. The van der Waals surface area contributed by atoms with Crippen LogP contribution in [-0.4, -0.2) is 71.5 Å². The van der Waals surface area contributed by atoms with Gasteiger partial charge in [0.1, 0.15) is 25.4 Å². The maximum atomic E-state index is 12.0. The number of esters is 4. The monoisotopic (exact) mass is 660 g/mol. The predicted molar refractivity (Wildman–Crippen MR) is 149 cm³/mol. The Morgan fingerprint density at radius 2 is 0.907 bits per heavy atom. The molecule has 43 heavy (non-hydrogen) atoms. The number of carbonyl (C=O) groups is 6. The number of carboxylic acid groups (broad SMARTS) is 2. The fourth-order valence-corrected chi connectivity index (χ4v) is 4.66. The predicted octanol–water partition coefficient (Wildman–Crippen LogP) is 3.85. The molecule has 0 aromatic heterocycles. The molecule has 2 N–H and O–H groups in total. The maximum Gasteiger partial charge on any atom is 0.333 e. The van der Waals surface area contributed by atoms with Gasteiger partial charge in [0.2, 0.25) is 0 Å². The molecular formula is C30H44O12Zn. The van der Waals surface area contributed by atoms with Gasteiger partial charge in [-0.3, -0.25) is 19.2 Å². The van der Waals surface area contributed by atoms with Crippen LogP contribution in [0.2, 0.25) is 0 Å². The molecular weight excluding hydrogens is 618 g/mol. The van der Waals surface area contributed by atoms with Crippen molar-refractivity contribution in [3.05, 3.63) is 24.3 Å². The average molecular weight is 662 g/mol. The van der Waals surface area contributed by atoms with Gasteiger partial charge in [-0.1, -0.05) is 38.8 Å². The van der Waals surface area contributed by atoms with E-state index in [2.05, 4.69) is 13.2 Å². The number of carboxylic acids is 2. The largest absolute Gasteiger partial charge is 0.481 e. The van der Waals surface area contributed by atoms with E-state index in [-0.39, 0.29) is 43.8 Å². The molecule has 0 radical (unpaired) electrons. The molecule has 0 amide bonds. The molecule has 0 aliphatic heterocycles. The van der Waals surface area contributed by atoms with E-state index < -0.39 is 71.7 Å². The topological polar surface area (TPSA) is 180 Å². The van der Waals surface area contributed by atoms with E-state index in [0.717, 1.165) is 25.7 Å². The summed E-state index contributed by atoms with van der Waals surface area (Å²) in [6.45, 7) is 13.0.